The Balaban J connectivity index is 1.36. The molecule has 1 aliphatic heterocycles. The first-order valence-corrected chi connectivity index (χ1v) is 17.8. The Morgan fingerprint density at radius 2 is 1.82 bits per heavy atom. The second-order valence-corrected chi connectivity index (χ2v) is 13.6. The third-order valence-corrected chi connectivity index (χ3v) is 10.2. The standard InChI is InChI=1S/C39H44ClFN4O5/c1-3-49-35(46)16-9-21-42-33(27-11-5-4-6-12-27)24-45-37(47)36-34(44(38(45)48)23-31-26(2)10-7-15-32(31)41)25-50-39(36)19-17-29(18-20-39)43-30-14-8-13-28(40)22-30/h4-8,10-15,22,29,33,42-43H,3,9,16-21,23-25H2,1-2H3/t29?,33-,39?/m0/s1. The molecular formula is C39H44ClFN4O5. The Hall–Kier alpha value is -4.25. The van der Waals surface area contributed by atoms with Crippen molar-refractivity contribution in [3.8, 4) is 0 Å². The van der Waals surface area contributed by atoms with E-state index in [1.165, 1.54) is 15.2 Å². The molecule has 2 aliphatic rings. The van der Waals surface area contributed by atoms with Gasteiger partial charge in [-0.2, -0.15) is 0 Å². The van der Waals surface area contributed by atoms with Crippen LogP contribution in [-0.4, -0.2) is 34.3 Å². The van der Waals surface area contributed by atoms with Crippen LogP contribution in [0.5, 0.6) is 0 Å². The number of carbonyl (C=O) groups excluding carboxylic acids is 1. The van der Waals surface area contributed by atoms with Gasteiger partial charge in [0.15, 0.2) is 0 Å². The predicted molar refractivity (Wildman–Crippen MR) is 192 cm³/mol. The summed E-state index contributed by atoms with van der Waals surface area (Å²) in [4.78, 5) is 41.0. The summed E-state index contributed by atoms with van der Waals surface area (Å²) < 4.78 is 29.7. The number of nitrogens with one attached hydrogen (secondary N) is 2. The summed E-state index contributed by atoms with van der Waals surface area (Å²) in [6, 6.07) is 21.8. The lowest BCUT2D eigenvalue weighted by Crippen LogP contribution is -2.48. The van der Waals surface area contributed by atoms with E-state index in [0.29, 0.717) is 54.3 Å². The number of benzene rings is 3. The van der Waals surface area contributed by atoms with Gasteiger partial charge in [0.25, 0.3) is 5.56 Å². The van der Waals surface area contributed by atoms with Gasteiger partial charge in [-0.25, -0.2) is 9.18 Å². The number of nitrogens with zero attached hydrogens (tertiary/aromatic N) is 2. The van der Waals surface area contributed by atoms with Gasteiger partial charge in [0.2, 0.25) is 0 Å². The van der Waals surface area contributed by atoms with Crippen LogP contribution in [-0.2, 0) is 39.6 Å². The van der Waals surface area contributed by atoms with Crippen LogP contribution in [0.2, 0.25) is 5.02 Å². The molecule has 0 unspecified atom stereocenters. The van der Waals surface area contributed by atoms with E-state index in [9.17, 15) is 14.4 Å². The zero-order valence-electron chi connectivity index (χ0n) is 28.6. The van der Waals surface area contributed by atoms with Crippen molar-refractivity contribution < 1.29 is 18.7 Å². The van der Waals surface area contributed by atoms with Gasteiger partial charge in [0.05, 0.1) is 43.6 Å². The number of esters is 1. The van der Waals surface area contributed by atoms with Gasteiger partial charge in [0, 0.05) is 28.7 Å². The maximum Gasteiger partial charge on any atom is 0.331 e. The normalized spacial score (nSPS) is 18.9. The van der Waals surface area contributed by atoms with Crippen molar-refractivity contribution in [1.82, 2.24) is 14.5 Å². The van der Waals surface area contributed by atoms with Crippen molar-refractivity contribution in [1.29, 1.82) is 0 Å². The lowest BCUT2D eigenvalue weighted by atomic mass is 9.78. The van der Waals surface area contributed by atoms with E-state index in [0.717, 1.165) is 29.7 Å². The van der Waals surface area contributed by atoms with Gasteiger partial charge < -0.3 is 20.1 Å². The van der Waals surface area contributed by atoms with Crippen molar-refractivity contribution >= 4 is 23.3 Å². The fourth-order valence-electron chi connectivity index (χ4n) is 7.31. The van der Waals surface area contributed by atoms with Gasteiger partial charge in [-0.05, 0) is 87.9 Å². The zero-order valence-corrected chi connectivity index (χ0v) is 29.3. The number of rotatable bonds is 13. The molecule has 9 nitrogen and oxygen atoms in total. The van der Waals surface area contributed by atoms with E-state index in [-0.39, 0.29) is 43.7 Å². The molecule has 2 heterocycles. The van der Waals surface area contributed by atoms with Crippen LogP contribution in [0.25, 0.3) is 0 Å². The van der Waals surface area contributed by atoms with E-state index < -0.39 is 23.1 Å². The second-order valence-electron chi connectivity index (χ2n) is 13.2. The molecule has 0 amide bonds. The maximum atomic E-state index is 15.2. The van der Waals surface area contributed by atoms with Crippen molar-refractivity contribution in [3.05, 3.63) is 132 Å². The number of carbonyl (C=O) groups is 1. The van der Waals surface area contributed by atoms with Crippen LogP contribution >= 0.6 is 11.6 Å². The SMILES string of the molecule is CCOC(=O)CCCN[C@@H](Cn1c(=O)c2c(n(Cc3c(C)cccc3F)c1=O)COC21CCC(Nc2cccc(Cl)c2)CC1)c1ccccc1. The first-order valence-electron chi connectivity index (χ1n) is 17.4. The highest BCUT2D eigenvalue weighted by Crippen LogP contribution is 2.45. The van der Waals surface area contributed by atoms with Crippen molar-refractivity contribution in [2.24, 2.45) is 0 Å². The number of hydrogen-bond donors (Lipinski definition) is 2. The Labute approximate surface area is 296 Å². The first-order chi connectivity index (χ1) is 24.2. The van der Waals surface area contributed by atoms with E-state index >= 15 is 4.39 Å². The minimum atomic E-state index is -0.865. The van der Waals surface area contributed by atoms with Crippen LogP contribution in [0.3, 0.4) is 0 Å². The fraction of sp³-hybridized carbons (Fsp3) is 0.410. The topological polar surface area (TPSA) is 104 Å². The zero-order chi connectivity index (χ0) is 35.3. The molecule has 4 aromatic rings. The average molecular weight is 703 g/mol. The number of hydrogen-bond acceptors (Lipinski definition) is 7. The van der Waals surface area contributed by atoms with Gasteiger partial charge in [-0.15, -0.1) is 0 Å². The summed E-state index contributed by atoms with van der Waals surface area (Å²) in [6.45, 7) is 4.49. The molecule has 1 fully saturated rings. The summed E-state index contributed by atoms with van der Waals surface area (Å²) in [5.74, 6) is -0.676. The molecule has 2 N–H and O–H groups in total. The smallest absolute Gasteiger partial charge is 0.331 e. The van der Waals surface area contributed by atoms with Crippen LogP contribution < -0.4 is 21.9 Å². The number of aryl methyl sites for hydroxylation is 1. The molecule has 0 saturated heterocycles. The molecule has 1 aromatic heterocycles. The Kier molecular flexibility index (Phi) is 11.2. The lowest BCUT2D eigenvalue weighted by Gasteiger charge is -2.37. The fourth-order valence-corrected chi connectivity index (χ4v) is 7.50. The monoisotopic (exact) mass is 702 g/mol. The summed E-state index contributed by atoms with van der Waals surface area (Å²) in [6.07, 6.45) is 3.43. The average Bonchev–Trinajstić information content (AvgIpc) is 3.47. The largest absolute Gasteiger partial charge is 0.466 e. The molecule has 50 heavy (non-hydrogen) atoms. The molecule has 11 heteroatoms. The van der Waals surface area contributed by atoms with Gasteiger partial charge in [-0.3, -0.25) is 18.7 Å². The maximum absolute atomic E-state index is 15.2. The third kappa shape index (κ3) is 7.72. The van der Waals surface area contributed by atoms with E-state index in [1.54, 1.807) is 13.0 Å². The Morgan fingerprint density at radius 3 is 2.54 bits per heavy atom. The second kappa shape index (κ2) is 15.7. The van der Waals surface area contributed by atoms with E-state index in [2.05, 4.69) is 10.6 Å². The highest BCUT2D eigenvalue weighted by atomic mass is 35.5. The van der Waals surface area contributed by atoms with Crippen LogP contribution in [0, 0.1) is 12.7 Å². The summed E-state index contributed by atoms with van der Waals surface area (Å²) in [5.41, 5.74) is 2.19. The highest BCUT2D eigenvalue weighted by Gasteiger charge is 2.47. The van der Waals surface area contributed by atoms with Crippen LogP contribution in [0.15, 0.2) is 82.4 Å². The summed E-state index contributed by atoms with van der Waals surface area (Å²) >= 11 is 6.22. The number of ether oxygens (including phenoxy) is 2. The van der Waals surface area contributed by atoms with Crippen molar-refractivity contribution in [3.63, 3.8) is 0 Å². The predicted octanol–water partition coefficient (Wildman–Crippen LogP) is 6.61. The number of fused-ring (bicyclic) bond motifs is 2. The van der Waals surface area contributed by atoms with Crippen molar-refractivity contribution in [2.75, 3.05) is 18.5 Å². The summed E-state index contributed by atoms with van der Waals surface area (Å²) in [7, 11) is 0. The lowest BCUT2D eigenvalue weighted by molar-refractivity contribution is -0.143. The highest BCUT2D eigenvalue weighted by molar-refractivity contribution is 6.30. The van der Waals surface area contributed by atoms with E-state index in [4.69, 9.17) is 21.1 Å². The Morgan fingerprint density at radius 1 is 1.06 bits per heavy atom. The number of aromatic nitrogens is 2. The van der Waals surface area contributed by atoms with Crippen LogP contribution in [0.1, 0.15) is 79.4 Å². The molecule has 1 aliphatic carbocycles. The van der Waals surface area contributed by atoms with Crippen molar-refractivity contribution in [2.45, 2.75) is 89.8 Å². The van der Waals surface area contributed by atoms with Crippen LogP contribution in [0.4, 0.5) is 10.1 Å². The molecule has 264 valence electrons. The van der Waals surface area contributed by atoms with Gasteiger partial charge in [0.1, 0.15) is 11.4 Å². The minimum Gasteiger partial charge on any atom is -0.466 e. The minimum absolute atomic E-state index is 0.0265. The number of anilines is 1. The molecular weight excluding hydrogens is 659 g/mol. The van der Waals surface area contributed by atoms with E-state index in [1.807, 2.05) is 67.6 Å². The third-order valence-electron chi connectivity index (χ3n) is 9.95. The quantitative estimate of drug-likeness (QED) is 0.119. The van der Waals surface area contributed by atoms with Gasteiger partial charge in [-0.1, -0.05) is 60.1 Å². The number of halogens is 2. The molecule has 1 saturated carbocycles. The molecule has 1 spiro atoms. The van der Waals surface area contributed by atoms with Gasteiger partial charge >= 0.3 is 11.7 Å². The molecule has 3 aromatic carbocycles. The molecule has 0 radical (unpaired) electrons. The molecule has 0 bridgehead atoms. The molecule has 6 rings (SSSR count). The summed E-state index contributed by atoms with van der Waals surface area (Å²) in [5, 5.41) is 7.69. The first kappa shape index (κ1) is 35.6. The Bertz CT molecular complexity index is 1920. The molecule has 1 atom stereocenters.